The molecule has 0 spiro atoms. The third-order valence-corrected chi connectivity index (χ3v) is 12.2. The molecule has 68 heavy (non-hydrogen) atoms. The van der Waals surface area contributed by atoms with E-state index in [9.17, 15) is 9.59 Å². The Morgan fingerprint density at radius 3 is 1.49 bits per heavy atom. The first-order valence-corrected chi connectivity index (χ1v) is 23.0. The summed E-state index contributed by atoms with van der Waals surface area (Å²) in [5.41, 5.74) is 17.2. The minimum absolute atomic E-state index is 0.0150. The van der Waals surface area contributed by atoms with Gasteiger partial charge in [-0.05, 0) is 128 Å². The fraction of sp³-hybridized carbons (Fsp3) is 0.308. The van der Waals surface area contributed by atoms with E-state index in [2.05, 4.69) is 9.97 Å². The fourth-order valence-corrected chi connectivity index (χ4v) is 7.76. The molecule has 5 heterocycles. The standard InChI is InChI=1S/C23H29BN2O4.C22H22N4O2.C5H5ClN2.C2H6/c1-22(2)23(3,4)30-24(29-22)18-9-11-19(12-10-18)26-14-13-25(21(26)27)16-17-7-6-8-20(15-17)28-5;1-28-20-4-2-3-16(13-20)15-25-11-12-26(22(25)27)19-7-5-17(6-8-19)18-9-10-24-21(23)14-18;6-4-1-2-8-5(7)3-4;1-2/h6-12,15H,13-14,16H2,1-5H3;2-10,13-14H,11-12,15H2,1H3,(H2,23,24);1-3H,(H2,7,8);1-2H3. The van der Waals surface area contributed by atoms with Crippen LogP contribution in [0.1, 0.15) is 52.7 Å². The number of hydrogen-bond donors (Lipinski definition) is 2. The van der Waals surface area contributed by atoms with Gasteiger partial charge in [0.25, 0.3) is 0 Å². The number of anilines is 4. The van der Waals surface area contributed by atoms with E-state index < -0.39 is 7.12 Å². The zero-order chi connectivity index (χ0) is 49.0. The smallest absolute Gasteiger partial charge is 0.494 e. The lowest BCUT2D eigenvalue weighted by atomic mass is 9.79. The number of ether oxygens (including phenoxy) is 2. The molecule has 9 rings (SSSR count). The predicted molar refractivity (Wildman–Crippen MR) is 274 cm³/mol. The maximum Gasteiger partial charge on any atom is 0.494 e. The SMILES string of the molecule is CC.COc1cccc(CN2CCN(c3ccc(-c4ccnc(N)c4)cc3)C2=O)c1.COc1cccc(CN2CCN(c3ccc(B4OC(C)(C)C(C)(C)O4)cc3)C2=O)c1.Nc1cc(Cl)ccn1. The molecule has 0 saturated carbocycles. The Bertz CT molecular complexity index is 2590. The van der Waals surface area contributed by atoms with Crippen molar-refractivity contribution in [3.8, 4) is 22.6 Å². The Kier molecular flexibility index (Phi) is 17.0. The predicted octanol–water partition coefficient (Wildman–Crippen LogP) is 9.56. The van der Waals surface area contributed by atoms with Crippen molar-refractivity contribution in [3.05, 3.63) is 150 Å². The van der Waals surface area contributed by atoms with Gasteiger partial charge in [0, 0.05) is 68.1 Å². The molecule has 4 N–H and O–H groups in total. The largest absolute Gasteiger partial charge is 0.497 e. The number of amides is 4. The number of rotatable bonds is 10. The summed E-state index contributed by atoms with van der Waals surface area (Å²) in [5, 5.41) is 0.623. The zero-order valence-corrected chi connectivity index (χ0v) is 40.9. The van der Waals surface area contributed by atoms with Crippen LogP contribution in [0.25, 0.3) is 11.1 Å². The number of benzene rings is 4. The normalized spacial score (nSPS) is 15.8. The van der Waals surface area contributed by atoms with Gasteiger partial charge in [-0.15, -0.1) is 0 Å². The first-order chi connectivity index (χ1) is 32.6. The molecule has 3 fully saturated rings. The molecule has 0 aliphatic carbocycles. The molecule has 16 heteroatoms. The van der Waals surface area contributed by atoms with Gasteiger partial charge in [0.15, 0.2) is 0 Å². The highest BCUT2D eigenvalue weighted by Crippen LogP contribution is 2.37. The van der Waals surface area contributed by atoms with Crippen molar-refractivity contribution in [1.29, 1.82) is 0 Å². The molecular formula is C52H62BClN8O6. The van der Waals surface area contributed by atoms with Gasteiger partial charge in [-0.2, -0.15) is 0 Å². The Labute approximate surface area is 405 Å². The number of carbonyl (C=O) groups excluding carboxylic acids is 2. The second-order valence-corrected chi connectivity index (χ2v) is 17.4. The number of urea groups is 2. The summed E-state index contributed by atoms with van der Waals surface area (Å²) in [4.78, 5) is 40.9. The van der Waals surface area contributed by atoms with Crippen LogP contribution in [0.3, 0.4) is 0 Å². The van der Waals surface area contributed by atoms with Gasteiger partial charge in [-0.3, -0.25) is 9.80 Å². The summed E-state index contributed by atoms with van der Waals surface area (Å²) in [6.07, 6.45) is 3.26. The van der Waals surface area contributed by atoms with Crippen LogP contribution in [-0.4, -0.2) is 90.5 Å². The molecule has 3 saturated heterocycles. The van der Waals surface area contributed by atoms with Crippen molar-refractivity contribution < 1.29 is 28.4 Å². The molecule has 2 aromatic heterocycles. The lowest BCUT2D eigenvalue weighted by molar-refractivity contribution is 0.00578. The number of hydrogen-bond acceptors (Lipinski definition) is 10. The molecule has 3 aliphatic rings. The van der Waals surface area contributed by atoms with E-state index >= 15 is 0 Å². The summed E-state index contributed by atoms with van der Waals surface area (Å²) < 4.78 is 22.8. The van der Waals surface area contributed by atoms with Crippen LogP contribution in [0.4, 0.5) is 32.6 Å². The van der Waals surface area contributed by atoms with Crippen molar-refractivity contribution in [3.63, 3.8) is 0 Å². The molecule has 0 radical (unpaired) electrons. The van der Waals surface area contributed by atoms with Crippen LogP contribution in [0, 0.1) is 0 Å². The number of nitrogens with zero attached hydrogens (tertiary/aromatic N) is 6. The van der Waals surface area contributed by atoms with Gasteiger partial charge >= 0.3 is 19.2 Å². The number of methoxy groups -OCH3 is 2. The van der Waals surface area contributed by atoms with E-state index in [0.717, 1.165) is 50.6 Å². The van der Waals surface area contributed by atoms with E-state index in [-0.39, 0.29) is 23.3 Å². The average molecular weight is 941 g/mol. The van der Waals surface area contributed by atoms with Crippen LogP contribution < -0.4 is 36.2 Å². The van der Waals surface area contributed by atoms with E-state index in [4.69, 9.17) is 41.9 Å². The molecule has 14 nitrogen and oxygen atoms in total. The highest BCUT2D eigenvalue weighted by molar-refractivity contribution is 6.62. The zero-order valence-electron chi connectivity index (χ0n) is 40.2. The summed E-state index contributed by atoms with van der Waals surface area (Å²) in [6.45, 7) is 16.0. The monoisotopic (exact) mass is 940 g/mol. The number of nitrogens with two attached hydrogens (primary N) is 2. The van der Waals surface area contributed by atoms with Crippen LogP contribution in [-0.2, 0) is 22.4 Å². The molecule has 4 aromatic carbocycles. The third kappa shape index (κ3) is 12.6. The second-order valence-electron chi connectivity index (χ2n) is 17.0. The maximum atomic E-state index is 12.9. The summed E-state index contributed by atoms with van der Waals surface area (Å²) in [7, 11) is 2.89. The second kappa shape index (κ2) is 22.8. The summed E-state index contributed by atoms with van der Waals surface area (Å²) >= 11 is 5.52. The number of aromatic nitrogens is 2. The van der Waals surface area contributed by atoms with Crippen molar-refractivity contribution in [2.24, 2.45) is 0 Å². The molecule has 0 atom stereocenters. The van der Waals surface area contributed by atoms with Crippen molar-refractivity contribution in [2.75, 3.05) is 61.7 Å². The molecule has 4 amide bonds. The molecule has 3 aliphatic heterocycles. The van der Waals surface area contributed by atoms with E-state index in [1.54, 1.807) is 38.7 Å². The van der Waals surface area contributed by atoms with Gasteiger partial charge in [0.1, 0.15) is 23.1 Å². The molecular weight excluding hydrogens is 879 g/mol. The Hall–Kier alpha value is -6.81. The quantitative estimate of drug-likeness (QED) is 0.127. The Morgan fingerprint density at radius 2 is 1.06 bits per heavy atom. The minimum Gasteiger partial charge on any atom is -0.497 e. The highest BCUT2D eigenvalue weighted by atomic mass is 35.5. The molecule has 0 bridgehead atoms. The van der Waals surface area contributed by atoms with Crippen LogP contribution in [0.2, 0.25) is 5.02 Å². The van der Waals surface area contributed by atoms with Gasteiger partial charge in [0.2, 0.25) is 0 Å². The average Bonchev–Trinajstić information content (AvgIpc) is 3.96. The Balaban J connectivity index is 0.000000187. The van der Waals surface area contributed by atoms with Gasteiger partial charge in [-0.25, -0.2) is 19.6 Å². The summed E-state index contributed by atoms with van der Waals surface area (Å²) in [6, 6.07) is 38.6. The maximum absolute atomic E-state index is 12.9. The first-order valence-electron chi connectivity index (χ1n) is 22.7. The number of carbonyl (C=O) groups is 2. The van der Waals surface area contributed by atoms with E-state index in [1.807, 2.05) is 170 Å². The number of nitrogen functional groups attached to an aromatic ring is 2. The summed E-state index contributed by atoms with van der Waals surface area (Å²) in [5.74, 6) is 2.55. The Morgan fingerprint density at radius 1 is 0.603 bits per heavy atom. The van der Waals surface area contributed by atoms with E-state index in [1.165, 1.54) is 0 Å². The van der Waals surface area contributed by atoms with Crippen molar-refractivity contribution in [1.82, 2.24) is 19.8 Å². The highest BCUT2D eigenvalue weighted by Gasteiger charge is 2.51. The molecule has 0 unspecified atom stereocenters. The van der Waals surface area contributed by atoms with Gasteiger partial charge < -0.3 is 40.0 Å². The first kappa shape index (κ1) is 50.6. The van der Waals surface area contributed by atoms with Crippen molar-refractivity contribution in [2.45, 2.75) is 65.8 Å². The lowest BCUT2D eigenvalue weighted by Gasteiger charge is -2.32. The molecule has 6 aromatic rings. The van der Waals surface area contributed by atoms with Gasteiger partial charge in [0.05, 0.1) is 25.4 Å². The van der Waals surface area contributed by atoms with Crippen LogP contribution in [0.15, 0.2) is 134 Å². The van der Waals surface area contributed by atoms with Crippen LogP contribution in [0.5, 0.6) is 11.5 Å². The topological polar surface area (TPSA) is 162 Å². The number of halogens is 1. The minimum atomic E-state index is -0.400. The van der Waals surface area contributed by atoms with Gasteiger partial charge in [-0.1, -0.05) is 74.0 Å². The van der Waals surface area contributed by atoms with Crippen molar-refractivity contribution >= 4 is 59.3 Å². The third-order valence-electron chi connectivity index (χ3n) is 12.0. The van der Waals surface area contributed by atoms with Crippen LogP contribution >= 0.6 is 11.6 Å². The lowest BCUT2D eigenvalue weighted by Crippen LogP contribution is -2.41. The fourth-order valence-electron chi connectivity index (χ4n) is 7.59. The number of pyridine rings is 2. The van der Waals surface area contributed by atoms with E-state index in [0.29, 0.717) is 55.9 Å². The molecule has 356 valence electrons.